The highest BCUT2D eigenvalue weighted by atomic mass is 79.9. The van der Waals surface area contributed by atoms with Gasteiger partial charge < -0.3 is 19.5 Å². The molecule has 1 amide bonds. The third kappa shape index (κ3) is 6.95. The van der Waals surface area contributed by atoms with Gasteiger partial charge in [-0.1, -0.05) is 34.7 Å². The number of hydrogen-bond donors (Lipinski definition) is 2. The van der Waals surface area contributed by atoms with Gasteiger partial charge in [0.15, 0.2) is 5.11 Å². The van der Waals surface area contributed by atoms with E-state index in [-0.39, 0.29) is 11.0 Å². The van der Waals surface area contributed by atoms with E-state index in [1.54, 1.807) is 37.5 Å². The first-order valence-electron chi connectivity index (χ1n) is 8.41. The molecule has 0 spiro atoms. The molecule has 2 N–H and O–H groups in total. The molecule has 0 saturated carbocycles. The largest absolute Gasteiger partial charge is 0.490 e. The zero-order chi connectivity index (χ0) is 20.4. The topological polar surface area (TPSA) is 68.8 Å². The molecule has 0 aliphatic carbocycles. The van der Waals surface area contributed by atoms with Crippen molar-refractivity contribution < 1.29 is 19.0 Å². The summed E-state index contributed by atoms with van der Waals surface area (Å²) in [5, 5.41) is 5.79. The second-order valence-electron chi connectivity index (χ2n) is 5.52. The number of methoxy groups -OCH3 is 1. The monoisotopic (exact) mass is 464 g/mol. The van der Waals surface area contributed by atoms with Crippen LogP contribution >= 0.6 is 28.1 Å². The van der Waals surface area contributed by atoms with Gasteiger partial charge >= 0.3 is 0 Å². The van der Waals surface area contributed by atoms with E-state index in [9.17, 15) is 4.79 Å². The van der Waals surface area contributed by atoms with Crippen LogP contribution < -0.4 is 20.1 Å². The lowest BCUT2D eigenvalue weighted by atomic mass is 10.2. The van der Waals surface area contributed by atoms with Crippen molar-refractivity contribution in [3.8, 4) is 11.5 Å². The molecular weight excluding hydrogens is 444 g/mol. The Morgan fingerprint density at radius 2 is 2.04 bits per heavy atom. The molecular formula is C20H21BrN2O4S. The van der Waals surface area contributed by atoms with Gasteiger partial charge in [-0.2, -0.15) is 0 Å². The molecule has 8 heteroatoms. The molecule has 0 aliphatic rings. The van der Waals surface area contributed by atoms with Gasteiger partial charge in [0.05, 0.1) is 12.2 Å². The van der Waals surface area contributed by atoms with E-state index in [2.05, 4.69) is 33.1 Å². The number of amides is 1. The van der Waals surface area contributed by atoms with Crippen molar-refractivity contribution in [2.45, 2.75) is 0 Å². The number of rotatable bonds is 9. The van der Waals surface area contributed by atoms with E-state index in [0.717, 1.165) is 4.47 Å². The molecule has 2 rings (SSSR count). The third-order valence-electron chi connectivity index (χ3n) is 3.42. The second kappa shape index (κ2) is 11.4. The summed E-state index contributed by atoms with van der Waals surface area (Å²) in [5.41, 5.74) is 1.05. The Morgan fingerprint density at radius 3 is 2.79 bits per heavy atom. The van der Waals surface area contributed by atoms with Gasteiger partial charge in [-0.15, -0.1) is 0 Å². The van der Waals surface area contributed by atoms with Crippen molar-refractivity contribution in [2.75, 3.05) is 32.2 Å². The molecule has 0 fully saturated rings. The summed E-state index contributed by atoms with van der Waals surface area (Å²) in [4.78, 5) is 12.7. The van der Waals surface area contributed by atoms with Gasteiger partial charge in [-0.05, 0) is 42.5 Å². The van der Waals surface area contributed by atoms with Crippen LogP contribution in [0.3, 0.4) is 0 Å². The zero-order valence-electron chi connectivity index (χ0n) is 15.4. The molecule has 6 nitrogen and oxygen atoms in total. The molecule has 2 aromatic rings. The maximum Gasteiger partial charge on any atom is 0.261 e. The van der Waals surface area contributed by atoms with Gasteiger partial charge in [0.1, 0.15) is 24.7 Å². The maximum absolute atomic E-state index is 12.7. The summed E-state index contributed by atoms with van der Waals surface area (Å²) in [5.74, 6) is 0.727. The highest BCUT2D eigenvalue weighted by Gasteiger charge is 2.15. The lowest BCUT2D eigenvalue weighted by molar-refractivity contribution is 0.0969. The number of ether oxygens (including phenoxy) is 3. The van der Waals surface area contributed by atoms with Crippen LogP contribution in [0.15, 0.2) is 59.6 Å². The van der Waals surface area contributed by atoms with Crippen LogP contribution in [-0.4, -0.2) is 38.0 Å². The van der Waals surface area contributed by atoms with Crippen LogP contribution in [-0.2, 0) is 4.74 Å². The van der Waals surface area contributed by atoms with Crippen LogP contribution in [0.1, 0.15) is 10.4 Å². The van der Waals surface area contributed by atoms with Crippen LogP contribution in [0.5, 0.6) is 11.5 Å². The number of halogens is 1. The van der Waals surface area contributed by atoms with Gasteiger partial charge in [0.25, 0.3) is 5.91 Å². The van der Waals surface area contributed by atoms with Gasteiger partial charge in [-0.3, -0.25) is 10.1 Å². The summed E-state index contributed by atoms with van der Waals surface area (Å²) in [7, 11) is 1.58. The smallest absolute Gasteiger partial charge is 0.261 e. The summed E-state index contributed by atoms with van der Waals surface area (Å²) < 4.78 is 16.8. The van der Waals surface area contributed by atoms with Gasteiger partial charge in [0, 0.05) is 23.3 Å². The normalized spacial score (nSPS) is 10.1. The van der Waals surface area contributed by atoms with Gasteiger partial charge in [0.2, 0.25) is 0 Å². The number of carbonyl (C=O) groups excluding carboxylic acids is 1. The summed E-state index contributed by atoms with van der Waals surface area (Å²) in [6.07, 6.45) is 1.66. The lowest BCUT2D eigenvalue weighted by Gasteiger charge is -2.14. The SMILES string of the molecule is C=CCOc1cccc(NC(=S)NC(=O)c2cc(Br)ccc2OCCOC)c1. The minimum absolute atomic E-state index is 0.161. The maximum atomic E-state index is 12.7. The van der Waals surface area contributed by atoms with E-state index in [1.807, 2.05) is 18.2 Å². The first-order valence-corrected chi connectivity index (χ1v) is 9.61. The molecule has 0 heterocycles. The van der Waals surface area contributed by atoms with Crippen molar-refractivity contribution in [2.24, 2.45) is 0 Å². The standard InChI is InChI=1S/C20H21BrN2O4S/c1-3-9-26-16-6-4-5-15(13-16)22-20(28)23-19(24)17-12-14(21)7-8-18(17)27-11-10-25-2/h3-8,12-13H,1,9-11H2,2H3,(H2,22,23,24,28). The molecule has 0 bridgehead atoms. The summed E-state index contributed by atoms with van der Waals surface area (Å²) >= 11 is 8.62. The fraction of sp³-hybridized carbons (Fsp3) is 0.200. The Bertz CT molecular complexity index is 845. The predicted molar refractivity (Wildman–Crippen MR) is 117 cm³/mol. The molecule has 2 aromatic carbocycles. The molecule has 28 heavy (non-hydrogen) atoms. The average molecular weight is 465 g/mol. The first-order chi connectivity index (χ1) is 13.5. The highest BCUT2D eigenvalue weighted by Crippen LogP contribution is 2.23. The lowest BCUT2D eigenvalue weighted by Crippen LogP contribution is -2.34. The Labute approximate surface area is 178 Å². The number of thiocarbonyl (C=S) groups is 1. The van der Waals surface area contributed by atoms with Crippen LogP contribution in [0.2, 0.25) is 0 Å². The van der Waals surface area contributed by atoms with Gasteiger partial charge in [-0.25, -0.2) is 0 Å². The minimum Gasteiger partial charge on any atom is -0.490 e. The number of hydrogen-bond acceptors (Lipinski definition) is 5. The molecule has 148 valence electrons. The van der Waals surface area contributed by atoms with Crippen LogP contribution in [0.25, 0.3) is 0 Å². The van der Waals surface area contributed by atoms with Crippen molar-refractivity contribution in [1.82, 2.24) is 5.32 Å². The third-order valence-corrected chi connectivity index (χ3v) is 4.12. The Hall–Kier alpha value is -2.42. The predicted octanol–water partition coefficient (Wildman–Crippen LogP) is 4.17. The molecule has 0 radical (unpaired) electrons. The van der Waals surface area contributed by atoms with Crippen LogP contribution in [0.4, 0.5) is 5.69 Å². The summed E-state index contributed by atoms with van der Waals surface area (Å²) in [6.45, 7) is 4.77. The number of carbonyl (C=O) groups is 1. The number of benzene rings is 2. The average Bonchev–Trinajstić information content (AvgIpc) is 2.67. The van der Waals surface area contributed by atoms with E-state index in [1.165, 1.54) is 0 Å². The highest BCUT2D eigenvalue weighted by molar-refractivity contribution is 9.10. The Morgan fingerprint density at radius 1 is 1.21 bits per heavy atom. The number of nitrogens with one attached hydrogen (secondary N) is 2. The molecule has 0 saturated heterocycles. The molecule has 0 aromatic heterocycles. The van der Waals surface area contributed by atoms with Crippen molar-refractivity contribution in [1.29, 1.82) is 0 Å². The minimum atomic E-state index is -0.384. The van der Waals surface area contributed by atoms with Crippen molar-refractivity contribution in [3.05, 3.63) is 65.2 Å². The molecule has 0 unspecified atom stereocenters. The van der Waals surface area contributed by atoms with Crippen molar-refractivity contribution >= 4 is 44.9 Å². The molecule has 0 atom stereocenters. The van der Waals surface area contributed by atoms with E-state index < -0.39 is 0 Å². The number of anilines is 1. The van der Waals surface area contributed by atoms with E-state index in [4.69, 9.17) is 26.4 Å². The fourth-order valence-corrected chi connectivity index (χ4v) is 2.76. The van der Waals surface area contributed by atoms with Crippen LogP contribution in [0, 0.1) is 0 Å². The van der Waals surface area contributed by atoms with Crippen molar-refractivity contribution in [3.63, 3.8) is 0 Å². The second-order valence-corrected chi connectivity index (χ2v) is 6.84. The first kappa shape index (κ1) is 21.9. The fourth-order valence-electron chi connectivity index (χ4n) is 2.19. The Balaban J connectivity index is 2.03. The van der Waals surface area contributed by atoms with E-state index in [0.29, 0.717) is 42.6 Å². The zero-order valence-corrected chi connectivity index (χ0v) is 17.8. The van der Waals surface area contributed by atoms with E-state index >= 15 is 0 Å². The molecule has 0 aliphatic heterocycles. The quantitative estimate of drug-likeness (QED) is 0.329. The Kier molecular flexibility index (Phi) is 8.93. The summed E-state index contributed by atoms with van der Waals surface area (Å²) in [6, 6.07) is 12.4.